The molecule has 12 rings (SSSR count). The Morgan fingerprint density at radius 2 is 1.41 bits per heavy atom. The summed E-state index contributed by atoms with van der Waals surface area (Å²) in [6.45, 7) is 0. The number of benzene rings is 6. The lowest BCUT2D eigenvalue weighted by molar-refractivity contribution is 0.667. The fraction of sp³-hybridized carbons (Fsp3) is 0.111. The van der Waals surface area contributed by atoms with E-state index in [1.165, 1.54) is 33.7 Å². The van der Waals surface area contributed by atoms with E-state index in [9.17, 15) is 0 Å². The highest BCUT2D eigenvalue weighted by molar-refractivity contribution is 6.20. The predicted molar refractivity (Wildman–Crippen MR) is 243 cm³/mol. The summed E-state index contributed by atoms with van der Waals surface area (Å²) < 4.78 is 6.71. The molecule has 5 aliphatic rings. The Morgan fingerprint density at radius 1 is 0.644 bits per heavy atom. The average molecular weight is 761 g/mol. The standard InChI is InChI=1S/C54H40N4O/c1-4-14-35(15-5-1)46-34-52(56-54(55-46)36-16-6-2-7-17-36)58-47-30-26-37(32-39(47)25-28-45-49(58)31-29-44-43-21-11-13-23-51(43)59-53(44)45)38-24-27-42-41-20-10-12-22-48(41)57(50(42)33-38)40-18-8-3-9-19-40/h1-25,27-32,37,50,54H,26,33-34H2. The van der Waals surface area contributed by atoms with Gasteiger partial charge in [0.15, 0.2) is 6.17 Å². The molecule has 0 spiro atoms. The van der Waals surface area contributed by atoms with E-state index in [-0.39, 0.29) is 18.1 Å². The first-order valence-corrected chi connectivity index (χ1v) is 20.7. The van der Waals surface area contributed by atoms with Gasteiger partial charge in [0.2, 0.25) is 0 Å². The molecule has 282 valence electrons. The maximum Gasteiger partial charge on any atom is 0.167 e. The van der Waals surface area contributed by atoms with Gasteiger partial charge in [0.1, 0.15) is 17.0 Å². The summed E-state index contributed by atoms with van der Waals surface area (Å²) >= 11 is 0. The Bertz CT molecular complexity index is 3040. The van der Waals surface area contributed by atoms with Gasteiger partial charge in [-0.3, -0.25) is 9.89 Å². The molecule has 0 amide bonds. The van der Waals surface area contributed by atoms with Gasteiger partial charge in [-0.1, -0.05) is 151 Å². The van der Waals surface area contributed by atoms with Crippen LogP contribution in [-0.2, 0) is 0 Å². The fourth-order valence-electron chi connectivity index (χ4n) is 9.85. The van der Waals surface area contributed by atoms with Crippen molar-refractivity contribution in [1.29, 1.82) is 0 Å². The highest BCUT2D eigenvalue weighted by Crippen LogP contribution is 2.50. The predicted octanol–water partition coefficient (Wildman–Crippen LogP) is 13.2. The molecule has 3 aliphatic heterocycles. The molecule has 0 N–H and O–H groups in total. The fourth-order valence-corrected chi connectivity index (χ4v) is 9.85. The lowest BCUT2D eigenvalue weighted by Crippen LogP contribution is -2.36. The molecule has 3 unspecified atom stereocenters. The van der Waals surface area contributed by atoms with Gasteiger partial charge in [0.05, 0.1) is 23.1 Å². The number of anilines is 3. The van der Waals surface area contributed by atoms with Gasteiger partial charge in [0, 0.05) is 45.6 Å². The molecule has 2 aliphatic carbocycles. The monoisotopic (exact) mass is 760 g/mol. The van der Waals surface area contributed by atoms with Gasteiger partial charge in [-0.25, -0.2) is 4.99 Å². The van der Waals surface area contributed by atoms with Crippen molar-refractivity contribution >= 4 is 62.2 Å². The van der Waals surface area contributed by atoms with Gasteiger partial charge in [-0.15, -0.1) is 0 Å². The lowest BCUT2D eigenvalue weighted by Gasteiger charge is -2.36. The SMILES string of the molecule is C1=Cc2c(ccc3c2oc2ccccc23)N(C2=NC(c3ccccc3)N=C(c3ccccc3)C2)C2=CCC(C3=CC=C4c5ccccc5N(c5ccccc5)C4C3)C=C12. The largest absolute Gasteiger partial charge is 0.455 e. The van der Waals surface area contributed by atoms with Crippen LogP contribution in [0.3, 0.4) is 0 Å². The van der Waals surface area contributed by atoms with Crippen molar-refractivity contribution in [2.75, 3.05) is 9.80 Å². The molecule has 0 fully saturated rings. The summed E-state index contributed by atoms with van der Waals surface area (Å²) in [4.78, 5) is 15.8. The zero-order valence-corrected chi connectivity index (χ0v) is 32.4. The molecular formula is C54H40N4O. The van der Waals surface area contributed by atoms with E-state index in [0.29, 0.717) is 6.42 Å². The second-order valence-corrected chi connectivity index (χ2v) is 16.0. The lowest BCUT2D eigenvalue weighted by atomic mass is 9.80. The molecule has 0 bridgehead atoms. The van der Waals surface area contributed by atoms with Crippen LogP contribution in [0.4, 0.5) is 17.1 Å². The summed E-state index contributed by atoms with van der Waals surface area (Å²) in [5.41, 5.74) is 16.2. The van der Waals surface area contributed by atoms with Gasteiger partial charge < -0.3 is 9.32 Å². The maximum atomic E-state index is 6.71. The molecule has 1 aromatic heterocycles. The average Bonchev–Trinajstić information content (AvgIpc) is 3.79. The number of allylic oxidation sites excluding steroid dienone is 5. The van der Waals surface area contributed by atoms with E-state index in [1.54, 1.807) is 0 Å². The summed E-state index contributed by atoms with van der Waals surface area (Å²) in [6.07, 6.45) is 16.4. The number of hydrogen-bond donors (Lipinski definition) is 0. The smallest absolute Gasteiger partial charge is 0.167 e. The van der Waals surface area contributed by atoms with Crippen molar-refractivity contribution in [3.05, 3.63) is 221 Å². The summed E-state index contributed by atoms with van der Waals surface area (Å²) in [7, 11) is 0. The zero-order chi connectivity index (χ0) is 38.9. The van der Waals surface area contributed by atoms with E-state index < -0.39 is 0 Å². The molecule has 6 aromatic carbocycles. The van der Waals surface area contributed by atoms with Gasteiger partial charge in [0.25, 0.3) is 0 Å². The number of nitrogens with zero attached hydrogens (tertiary/aromatic N) is 4. The first kappa shape index (κ1) is 33.9. The first-order valence-electron chi connectivity index (χ1n) is 20.7. The minimum atomic E-state index is -0.370. The minimum absolute atomic E-state index is 0.243. The van der Waals surface area contributed by atoms with Gasteiger partial charge >= 0.3 is 0 Å². The highest BCUT2D eigenvalue weighted by atomic mass is 16.3. The number of hydrogen-bond acceptors (Lipinski definition) is 5. The van der Waals surface area contributed by atoms with Crippen molar-refractivity contribution in [3.63, 3.8) is 0 Å². The number of amidine groups is 1. The van der Waals surface area contributed by atoms with Crippen LogP contribution < -0.4 is 9.80 Å². The van der Waals surface area contributed by atoms with E-state index >= 15 is 0 Å². The summed E-state index contributed by atoms with van der Waals surface area (Å²) in [6, 6.07) is 53.9. The molecule has 5 nitrogen and oxygen atoms in total. The molecule has 59 heavy (non-hydrogen) atoms. The Morgan fingerprint density at radius 3 is 2.27 bits per heavy atom. The van der Waals surface area contributed by atoms with Crippen LogP contribution in [0.15, 0.2) is 213 Å². The molecule has 0 radical (unpaired) electrons. The molecule has 3 atom stereocenters. The maximum absolute atomic E-state index is 6.71. The van der Waals surface area contributed by atoms with Crippen molar-refractivity contribution in [2.45, 2.75) is 31.5 Å². The van der Waals surface area contributed by atoms with Crippen LogP contribution in [0.1, 0.15) is 47.7 Å². The molecule has 7 aromatic rings. The Balaban J connectivity index is 0.983. The number of furan rings is 1. The summed E-state index contributed by atoms with van der Waals surface area (Å²) in [5, 5.41) is 2.24. The highest BCUT2D eigenvalue weighted by Gasteiger charge is 2.38. The van der Waals surface area contributed by atoms with Crippen LogP contribution in [0.5, 0.6) is 0 Å². The third-order valence-electron chi connectivity index (χ3n) is 12.6. The van der Waals surface area contributed by atoms with Crippen LogP contribution >= 0.6 is 0 Å². The van der Waals surface area contributed by atoms with Gasteiger partial charge in [-0.2, -0.15) is 0 Å². The van der Waals surface area contributed by atoms with Crippen molar-refractivity contribution in [2.24, 2.45) is 15.9 Å². The molecule has 4 heterocycles. The second kappa shape index (κ2) is 13.7. The van der Waals surface area contributed by atoms with Crippen molar-refractivity contribution < 1.29 is 4.42 Å². The normalized spacial score (nSPS) is 20.6. The zero-order valence-electron chi connectivity index (χ0n) is 32.4. The third kappa shape index (κ3) is 5.60. The third-order valence-corrected chi connectivity index (χ3v) is 12.6. The summed E-state index contributed by atoms with van der Waals surface area (Å²) in [5.74, 6) is 1.22. The Kier molecular flexibility index (Phi) is 7.87. The molecule has 0 saturated carbocycles. The van der Waals surface area contributed by atoms with Crippen LogP contribution in [-0.4, -0.2) is 17.6 Å². The van der Waals surface area contributed by atoms with E-state index in [2.05, 4.69) is 192 Å². The Labute approximate surface area is 343 Å². The molecule has 0 saturated heterocycles. The molecule has 5 heteroatoms. The topological polar surface area (TPSA) is 44.3 Å². The number of rotatable bonds is 4. The number of fused-ring (bicyclic) bond motifs is 9. The van der Waals surface area contributed by atoms with Crippen molar-refractivity contribution in [3.8, 4) is 0 Å². The number of para-hydroxylation sites is 3. The quantitative estimate of drug-likeness (QED) is 0.179. The number of aliphatic imine (C=N–C) groups is 2. The van der Waals surface area contributed by atoms with Crippen LogP contribution in [0, 0.1) is 5.92 Å². The van der Waals surface area contributed by atoms with Gasteiger partial charge in [-0.05, 0) is 77.6 Å². The first-order chi connectivity index (χ1) is 29.2. The minimum Gasteiger partial charge on any atom is -0.455 e. The van der Waals surface area contributed by atoms with Crippen LogP contribution in [0.25, 0.3) is 33.6 Å². The van der Waals surface area contributed by atoms with E-state index in [4.69, 9.17) is 14.4 Å². The van der Waals surface area contributed by atoms with Crippen molar-refractivity contribution in [1.82, 2.24) is 0 Å². The Hall–Kier alpha value is -7.24. The second-order valence-electron chi connectivity index (χ2n) is 16.0. The van der Waals surface area contributed by atoms with E-state index in [0.717, 1.165) is 74.4 Å². The van der Waals surface area contributed by atoms with E-state index in [1.807, 2.05) is 6.07 Å². The van der Waals surface area contributed by atoms with Crippen LogP contribution in [0.2, 0.25) is 0 Å². The molecular weight excluding hydrogens is 721 g/mol.